The molecular formula is C25H17F3N6O2. The lowest BCUT2D eigenvalue weighted by molar-refractivity contribution is 0.116. The number of nitrogens with one attached hydrogen (secondary N) is 1. The van der Waals surface area contributed by atoms with Gasteiger partial charge in [-0.2, -0.15) is 8.78 Å². The fraction of sp³-hybridized carbons (Fsp3) is 0.120. The number of nitrogens with zero attached hydrogens (tertiary/aromatic N) is 5. The third-order valence-corrected chi connectivity index (χ3v) is 6.14. The van der Waals surface area contributed by atoms with Gasteiger partial charge >= 0.3 is 12.1 Å². The fourth-order valence-corrected chi connectivity index (χ4v) is 4.35. The lowest BCUT2D eigenvalue weighted by Crippen LogP contribution is -2.23. The van der Waals surface area contributed by atoms with Gasteiger partial charge in [0, 0.05) is 42.0 Å². The number of pyridine rings is 1. The van der Waals surface area contributed by atoms with Crippen molar-refractivity contribution in [3.8, 4) is 22.6 Å². The molecule has 8 nitrogen and oxygen atoms in total. The molecule has 6 rings (SSSR count). The van der Waals surface area contributed by atoms with Gasteiger partial charge in [0.2, 0.25) is 5.89 Å². The van der Waals surface area contributed by atoms with Gasteiger partial charge in [0.1, 0.15) is 5.82 Å². The van der Waals surface area contributed by atoms with Crippen LogP contribution in [0.15, 0.2) is 70.1 Å². The van der Waals surface area contributed by atoms with E-state index in [2.05, 4.69) is 20.2 Å². The van der Waals surface area contributed by atoms with Crippen LogP contribution in [0.25, 0.3) is 44.5 Å². The molecule has 0 bridgehead atoms. The molecule has 11 heteroatoms. The number of rotatable bonds is 5. The van der Waals surface area contributed by atoms with E-state index in [1.54, 1.807) is 31.4 Å². The zero-order chi connectivity index (χ0) is 25.0. The van der Waals surface area contributed by atoms with Gasteiger partial charge in [-0.1, -0.05) is 12.1 Å². The van der Waals surface area contributed by atoms with E-state index in [1.165, 1.54) is 21.4 Å². The minimum Gasteiger partial charge on any atom is -0.415 e. The summed E-state index contributed by atoms with van der Waals surface area (Å²) in [5.74, 6) is -1.31. The molecule has 0 aliphatic rings. The average molecular weight is 490 g/mol. The number of aryl methyl sites for hydroxylation is 1. The summed E-state index contributed by atoms with van der Waals surface area (Å²) < 4.78 is 48.6. The third kappa shape index (κ3) is 3.47. The standard InChI is InChI=1S/C25H17F3N6O2/c1-33-20-9-17(15-3-2-4-19-16(15)7-8-29-19)18(26)10-21(20)34(25(33)35)12-14-6-5-13(11-30-14)23-31-32-24(36-23)22(27)28/h2-11,22,29H,12H2,1H3. The van der Waals surface area contributed by atoms with Crippen LogP contribution in [0.2, 0.25) is 0 Å². The van der Waals surface area contributed by atoms with Crippen LogP contribution in [0.5, 0.6) is 0 Å². The number of alkyl halides is 2. The maximum Gasteiger partial charge on any atom is 0.329 e. The molecule has 4 aromatic heterocycles. The number of hydrogen-bond donors (Lipinski definition) is 1. The highest BCUT2D eigenvalue weighted by Crippen LogP contribution is 2.33. The molecule has 0 amide bonds. The molecule has 0 atom stereocenters. The lowest BCUT2D eigenvalue weighted by Gasteiger charge is -2.08. The summed E-state index contributed by atoms with van der Waals surface area (Å²) in [4.78, 5) is 20.5. The highest BCUT2D eigenvalue weighted by molar-refractivity contribution is 5.97. The lowest BCUT2D eigenvalue weighted by atomic mass is 10.0. The SMILES string of the molecule is Cn1c(=O)n(Cc2ccc(-c3nnc(C(F)F)o3)cn2)c2cc(F)c(-c3cccc4[nH]ccc34)cc21. The van der Waals surface area contributed by atoms with Crippen molar-refractivity contribution in [1.82, 2.24) is 29.3 Å². The molecular weight excluding hydrogens is 473 g/mol. The molecule has 0 fully saturated rings. The van der Waals surface area contributed by atoms with Gasteiger partial charge in [0.05, 0.1) is 28.8 Å². The van der Waals surface area contributed by atoms with Gasteiger partial charge in [-0.05, 0) is 35.9 Å². The van der Waals surface area contributed by atoms with Crippen molar-refractivity contribution in [3.05, 3.63) is 88.8 Å². The number of H-pyrrole nitrogens is 1. The molecule has 0 aliphatic heterocycles. The van der Waals surface area contributed by atoms with Gasteiger partial charge in [-0.3, -0.25) is 14.1 Å². The van der Waals surface area contributed by atoms with Crippen molar-refractivity contribution >= 4 is 21.9 Å². The van der Waals surface area contributed by atoms with Gasteiger partial charge in [0.15, 0.2) is 0 Å². The first kappa shape index (κ1) is 21.8. The highest BCUT2D eigenvalue weighted by atomic mass is 19.3. The monoisotopic (exact) mass is 490 g/mol. The Morgan fingerprint density at radius 2 is 1.92 bits per heavy atom. The van der Waals surface area contributed by atoms with Crippen molar-refractivity contribution in [2.24, 2.45) is 7.05 Å². The Morgan fingerprint density at radius 3 is 2.67 bits per heavy atom. The van der Waals surface area contributed by atoms with Crippen LogP contribution in [0.3, 0.4) is 0 Å². The number of fused-ring (bicyclic) bond motifs is 2. The Labute approximate surface area is 200 Å². The molecule has 180 valence electrons. The van der Waals surface area contributed by atoms with Crippen LogP contribution in [-0.2, 0) is 13.6 Å². The minimum atomic E-state index is -2.87. The topological polar surface area (TPSA) is 94.5 Å². The molecule has 36 heavy (non-hydrogen) atoms. The van der Waals surface area contributed by atoms with Crippen LogP contribution in [0.1, 0.15) is 18.0 Å². The Morgan fingerprint density at radius 1 is 1.06 bits per heavy atom. The molecule has 0 spiro atoms. The number of aromatic nitrogens is 6. The first-order chi connectivity index (χ1) is 17.4. The van der Waals surface area contributed by atoms with Crippen LogP contribution in [-0.4, -0.2) is 29.3 Å². The predicted molar refractivity (Wildman–Crippen MR) is 126 cm³/mol. The van der Waals surface area contributed by atoms with E-state index in [0.717, 1.165) is 16.5 Å². The highest BCUT2D eigenvalue weighted by Gasteiger charge is 2.19. The van der Waals surface area contributed by atoms with Gasteiger partial charge in [-0.15, -0.1) is 10.2 Å². The summed E-state index contributed by atoms with van der Waals surface area (Å²) in [5, 5.41) is 7.78. The van der Waals surface area contributed by atoms with Crippen LogP contribution >= 0.6 is 0 Å². The van der Waals surface area contributed by atoms with Gasteiger partial charge < -0.3 is 9.40 Å². The number of imidazole rings is 1. The van der Waals surface area contributed by atoms with E-state index in [-0.39, 0.29) is 18.1 Å². The molecule has 0 radical (unpaired) electrons. The maximum absolute atomic E-state index is 15.4. The van der Waals surface area contributed by atoms with Gasteiger partial charge in [-0.25, -0.2) is 9.18 Å². The molecule has 4 heterocycles. The van der Waals surface area contributed by atoms with Crippen molar-refractivity contribution < 1.29 is 17.6 Å². The smallest absolute Gasteiger partial charge is 0.329 e. The summed E-state index contributed by atoms with van der Waals surface area (Å²) in [6.07, 6.45) is 0.323. The van der Waals surface area contributed by atoms with Crippen molar-refractivity contribution in [2.45, 2.75) is 13.0 Å². The van der Waals surface area contributed by atoms with Gasteiger partial charge in [0.25, 0.3) is 5.89 Å². The van der Waals surface area contributed by atoms with E-state index in [9.17, 15) is 13.6 Å². The third-order valence-electron chi connectivity index (χ3n) is 6.14. The minimum absolute atomic E-state index is 0.0781. The van der Waals surface area contributed by atoms with E-state index >= 15 is 4.39 Å². The fourth-order valence-electron chi connectivity index (χ4n) is 4.35. The molecule has 6 aromatic rings. The number of halogens is 3. The number of hydrogen-bond acceptors (Lipinski definition) is 5. The second-order valence-electron chi connectivity index (χ2n) is 8.28. The molecule has 0 aliphatic carbocycles. The number of benzene rings is 2. The van der Waals surface area contributed by atoms with Crippen molar-refractivity contribution in [3.63, 3.8) is 0 Å². The molecule has 0 saturated carbocycles. The Kier molecular flexibility index (Phi) is 4.99. The van der Waals surface area contributed by atoms with E-state index < -0.39 is 18.1 Å². The maximum atomic E-state index is 15.4. The normalized spacial score (nSPS) is 11.8. The van der Waals surface area contributed by atoms with Crippen molar-refractivity contribution in [1.29, 1.82) is 0 Å². The first-order valence-electron chi connectivity index (χ1n) is 10.9. The number of aromatic amines is 1. The zero-order valence-corrected chi connectivity index (χ0v) is 18.7. The van der Waals surface area contributed by atoms with Crippen LogP contribution in [0, 0.1) is 5.82 Å². The van der Waals surface area contributed by atoms with Crippen molar-refractivity contribution in [2.75, 3.05) is 0 Å². The second-order valence-corrected chi connectivity index (χ2v) is 8.28. The van der Waals surface area contributed by atoms with E-state index in [4.69, 9.17) is 4.42 Å². The van der Waals surface area contributed by atoms with E-state index in [1.807, 2.05) is 24.3 Å². The first-order valence-corrected chi connectivity index (χ1v) is 10.9. The quantitative estimate of drug-likeness (QED) is 0.365. The summed E-state index contributed by atoms with van der Waals surface area (Å²) in [7, 11) is 1.63. The van der Waals surface area contributed by atoms with Crippen LogP contribution in [0.4, 0.5) is 13.2 Å². The summed E-state index contributed by atoms with van der Waals surface area (Å²) >= 11 is 0. The van der Waals surface area contributed by atoms with Crippen LogP contribution < -0.4 is 5.69 Å². The molecule has 1 N–H and O–H groups in total. The summed E-state index contributed by atoms with van der Waals surface area (Å²) in [6.45, 7) is 0.0781. The average Bonchev–Trinajstić information content (AvgIpc) is 3.61. The molecule has 0 unspecified atom stereocenters. The predicted octanol–water partition coefficient (Wildman–Crippen LogP) is 5.06. The Balaban J connectivity index is 1.37. The summed E-state index contributed by atoms with van der Waals surface area (Å²) in [6, 6.07) is 13.7. The zero-order valence-electron chi connectivity index (χ0n) is 18.7. The molecule has 2 aromatic carbocycles. The molecule has 0 saturated heterocycles. The largest absolute Gasteiger partial charge is 0.415 e. The Hall–Kier alpha value is -4.67. The second kappa shape index (κ2) is 8.22. The Bertz CT molecular complexity index is 1800. The van der Waals surface area contributed by atoms with E-state index in [0.29, 0.717) is 27.9 Å². The summed E-state index contributed by atoms with van der Waals surface area (Å²) in [5.41, 5.74) is 3.54.